The predicted octanol–water partition coefficient (Wildman–Crippen LogP) is 0.380. The first-order valence-corrected chi connectivity index (χ1v) is 7.50. The van der Waals surface area contributed by atoms with Crippen molar-refractivity contribution in [2.24, 2.45) is 5.11 Å². The van der Waals surface area contributed by atoms with Gasteiger partial charge in [0.2, 0.25) is 0 Å². The normalized spacial score (nSPS) is 27.5. The number of hydrogen-bond acceptors (Lipinski definition) is 10. The number of carbonyl (C=O) groups excluding carboxylic acids is 4. The van der Waals surface area contributed by atoms with E-state index in [1.54, 1.807) is 0 Å². The van der Waals surface area contributed by atoms with Crippen molar-refractivity contribution in [2.75, 3.05) is 6.61 Å². The maximum Gasteiger partial charge on any atom is 0.303 e. The second-order valence-corrected chi connectivity index (χ2v) is 5.29. The Hall–Kier alpha value is -2.85. The van der Waals surface area contributed by atoms with E-state index >= 15 is 0 Å². The fraction of sp³-hybridized carbons (Fsp3) is 0.714. The van der Waals surface area contributed by atoms with Gasteiger partial charge in [0.05, 0.1) is 0 Å². The molecule has 0 radical (unpaired) electrons. The molecule has 0 bridgehead atoms. The van der Waals surface area contributed by atoms with Crippen LogP contribution in [0.15, 0.2) is 5.11 Å². The minimum atomic E-state index is -1.40. The predicted molar refractivity (Wildman–Crippen MR) is 81.1 cm³/mol. The molecule has 0 aliphatic carbocycles. The van der Waals surface area contributed by atoms with Gasteiger partial charge in [-0.05, 0) is 5.53 Å². The Kier molecular flexibility index (Phi) is 7.81. The smallest absolute Gasteiger partial charge is 0.303 e. The highest BCUT2D eigenvalue weighted by Gasteiger charge is 2.51. The van der Waals surface area contributed by atoms with Crippen LogP contribution in [0.1, 0.15) is 27.7 Å². The van der Waals surface area contributed by atoms with E-state index in [9.17, 15) is 19.2 Å². The van der Waals surface area contributed by atoms with Crippen LogP contribution in [0.3, 0.4) is 0 Å². The molecule has 0 aromatic rings. The Bertz CT molecular complexity index is 617. The molecule has 0 saturated carbocycles. The van der Waals surface area contributed by atoms with Crippen molar-refractivity contribution in [3.05, 3.63) is 10.4 Å². The lowest BCUT2D eigenvalue weighted by Crippen LogP contribution is -2.61. The van der Waals surface area contributed by atoms with Gasteiger partial charge in [-0.15, -0.1) is 0 Å². The third-order valence-corrected chi connectivity index (χ3v) is 3.13. The average Bonchev–Trinajstić information content (AvgIpc) is 2.50. The minimum absolute atomic E-state index is 0.380. The summed E-state index contributed by atoms with van der Waals surface area (Å²) < 4.78 is 25.6. The van der Waals surface area contributed by atoms with Crippen molar-refractivity contribution in [3.63, 3.8) is 0 Å². The molecule has 12 nitrogen and oxygen atoms in total. The number of ether oxygens (including phenoxy) is 5. The van der Waals surface area contributed by atoms with Crippen molar-refractivity contribution >= 4 is 23.9 Å². The molecule has 5 atom stereocenters. The summed E-state index contributed by atoms with van der Waals surface area (Å²) in [4.78, 5) is 48.0. The molecule has 1 rings (SSSR count). The van der Waals surface area contributed by atoms with E-state index in [2.05, 4.69) is 10.0 Å². The molecule has 144 valence electrons. The van der Waals surface area contributed by atoms with Gasteiger partial charge in [0.1, 0.15) is 12.7 Å². The summed E-state index contributed by atoms with van der Waals surface area (Å²) in [6, 6.07) is 0. The Morgan fingerprint density at radius 1 is 0.885 bits per heavy atom. The zero-order chi connectivity index (χ0) is 19.9. The Labute approximate surface area is 148 Å². The van der Waals surface area contributed by atoms with E-state index in [4.69, 9.17) is 29.2 Å². The topological polar surface area (TPSA) is 163 Å². The highest BCUT2D eigenvalue weighted by molar-refractivity contribution is 5.68. The average molecular weight is 373 g/mol. The first kappa shape index (κ1) is 21.2. The second-order valence-electron chi connectivity index (χ2n) is 5.29. The molecule has 0 aromatic carbocycles. The van der Waals surface area contributed by atoms with E-state index in [1.807, 2.05) is 0 Å². The van der Waals surface area contributed by atoms with E-state index in [-0.39, 0.29) is 6.61 Å². The van der Waals surface area contributed by atoms with Crippen LogP contribution in [-0.2, 0) is 42.9 Å². The molecule has 5 unspecified atom stereocenters. The van der Waals surface area contributed by atoms with E-state index in [0.717, 1.165) is 27.7 Å². The van der Waals surface area contributed by atoms with Crippen molar-refractivity contribution < 1.29 is 42.9 Å². The van der Waals surface area contributed by atoms with E-state index < -0.39 is 54.5 Å². The number of azide groups is 1. The molecule has 26 heavy (non-hydrogen) atoms. The minimum Gasteiger partial charge on any atom is -0.463 e. The summed E-state index contributed by atoms with van der Waals surface area (Å²) in [7, 11) is 0. The first-order chi connectivity index (χ1) is 12.1. The maximum atomic E-state index is 11.5. The standard InChI is InChI=1S/C14H19N3O9/c1-6(18)22-5-10-11(23-7(2)19)12(24-8(3)20)13(25-9(4)21)14(26-10)16-17-15/h10-14H,5H2,1-4H3. The Morgan fingerprint density at radius 2 is 1.38 bits per heavy atom. The zero-order valence-electron chi connectivity index (χ0n) is 14.6. The maximum absolute atomic E-state index is 11.5. The summed E-state index contributed by atoms with van der Waals surface area (Å²) in [6.07, 6.45) is -6.52. The Balaban J connectivity index is 3.28. The van der Waals surface area contributed by atoms with Crippen LogP contribution < -0.4 is 0 Å². The molecular weight excluding hydrogens is 354 g/mol. The summed E-state index contributed by atoms with van der Waals surface area (Å²) >= 11 is 0. The fourth-order valence-corrected chi connectivity index (χ4v) is 2.35. The van der Waals surface area contributed by atoms with Gasteiger partial charge in [-0.3, -0.25) is 19.2 Å². The molecule has 0 spiro atoms. The molecule has 1 aliphatic rings. The van der Waals surface area contributed by atoms with Crippen molar-refractivity contribution in [2.45, 2.75) is 58.3 Å². The molecule has 0 N–H and O–H groups in total. The second kappa shape index (κ2) is 9.59. The summed E-state index contributed by atoms with van der Waals surface area (Å²) in [5.41, 5.74) is 8.71. The molecule has 12 heteroatoms. The van der Waals surface area contributed by atoms with Gasteiger partial charge in [-0.25, -0.2) is 0 Å². The molecule has 1 saturated heterocycles. The molecule has 0 aromatic heterocycles. The van der Waals surface area contributed by atoms with E-state index in [1.165, 1.54) is 0 Å². The van der Waals surface area contributed by atoms with Gasteiger partial charge < -0.3 is 23.7 Å². The van der Waals surface area contributed by atoms with Gasteiger partial charge in [0.25, 0.3) is 0 Å². The summed E-state index contributed by atoms with van der Waals surface area (Å²) in [5.74, 6) is -2.92. The SMILES string of the molecule is CC(=O)OCC1OC(N=[N+]=[N-])C(OC(C)=O)C(OC(C)=O)C1OC(C)=O. The van der Waals surface area contributed by atoms with Crippen LogP contribution in [0.4, 0.5) is 0 Å². The van der Waals surface area contributed by atoms with Crippen LogP contribution in [0.2, 0.25) is 0 Å². The molecule has 0 amide bonds. The van der Waals surface area contributed by atoms with Crippen molar-refractivity contribution in [1.29, 1.82) is 0 Å². The third-order valence-electron chi connectivity index (χ3n) is 3.13. The highest BCUT2D eigenvalue weighted by Crippen LogP contribution is 2.29. The number of rotatable bonds is 6. The van der Waals surface area contributed by atoms with Crippen LogP contribution in [0, 0.1) is 0 Å². The van der Waals surface area contributed by atoms with Gasteiger partial charge in [-0.2, -0.15) is 0 Å². The lowest BCUT2D eigenvalue weighted by atomic mass is 9.97. The van der Waals surface area contributed by atoms with Gasteiger partial charge in [0.15, 0.2) is 24.5 Å². The van der Waals surface area contributed by atoms with Crippen LogP contribution >= 0.6 is 0 Å². The summed E-state index contributed by atoms with van der Waals surface area (Å²) in [5, 5.41) is 3.38. The van der Waals surface area contributed by atoms with Crippen LogP contribution in [0.5, 0.6) is 0 Å². The molecule has 1 heterocycles. The fourth-order valence-electron chi connectivity index (χ4n) is 2.35. The Morgan fingerprint density at radius 3 is 1.85 bits per heavy atom. The zero-order valence-corrected chi connectivity index (χ0v) is 14.6. The number of esters is 4. The highest BCUT2D eigenvalue weighted by atomic mass is 16.7. The molecule has 1 fully saturated rings. The first-order valence-electron chi connectivity index (χ1n) is 7.50. The molecule has 1 aliphatic heterocycles. The number of carbonyl (C=O) groups is 4. The van der Waals surface area contributed by atoms with Crippen molar-refractivity contribution in [1.82, 2.24) is 0 Å². The lowest BCUT2D eigenvalue weighted by Gasteiger charge is -2.43. The monoisotopic (exact) mass is 373 g/mol. The number of nitrogens with zero attached hydrogens (tertiary/aromatic N) is 3. The number of hydrogen-bond donors (Lipinski definition) is 0. The third kappa shape index (κ3) is 6.22. The van der Waals surface area contributed by atoms with Crippen LogP contribution in [-0.4, -0.2) is 61.1 Å². The van der Waals surface area contributed by atoms with Gasteiger partial charge in [-0.1, -0.05) is 5.11 Å². The van der Waals surface area contributed by atoms with E-state index in [0.29, 0.717) is 0 Å². The van der Waals surface area contributed by atoms with Crippen molar-refractivity contribution in [3.8, 4) is 0 Å². The van der Waals surface area contributed by atoms with Gasteiger partial charge >= 0.3 is 23.9 Å². The quantitative estimate of drug-likeness (QED) is 0.210. The lowest BCUT2D eigenvalue weighted by molar-refractivity contribution is -0.251. The largest absolute Gasteiger partial charge is 0.463 e. The van der Waals surface area contributed by atoms with Gasteiger partial charge in [0, 0.05) is 32.6 Å². The molecular formula is C14H19N3O9. The van der Waals surface area contributed by atoms with Crippen LogP contribution in [0.25, 0.3) is 10.4 Å². The summed E-state index contributed by atoms with van der Waals surface area (Å²) in [6.45, 7) is 4.06.